The van der Waals surface area contributed by atoms with Crippen LogP contribution in [-0.4, -0.2) is 10.9 Å². The second-order valence-electron chi connectivity index (χ2n) is 5.14. The molecule has 1 rings (SSSR count). The summed E-state index contributed by atoms with van der Waals surface area (Å²) in [7, 11) is 0. The van der Waals surface area contributed by atoms with Crippen LogP contribution in [-0.2, 0) is 11.0 Å². The fourth-order valence-corrected chi connectivity index (χ4v) is 1.75. The molecule has 3 nitrogen and oxygen atoms in total. The number of anilines is 1. The first kappa shape index (κ1) is 17.4. The summed E-state index contributed by atoms with van der Waals surface area (Å²) in [4.78, 5) is 11.8. The Kier molecular flexibility index (Phi) is 5.33. The number of nitrogens with one attached hydrogen (secondary N) is 1. The van der Waals surface area contributed by atoms with Gasteiger partial charge in [-0.3, -0.25) is 4.79 Å². The van der Waals surface area contributed by atoms with Gasteiger partial charge in [-0.15, -0.1) is 0 Å². The second kappa shape index (κ2) is 6.43. The number of hydrogen-bond acceptors (Lipinski definition) is 2. The maximum atomic E-state index is 12.7. The highest BCUT2D eigenvalue weighted by atomic mass is 32.1. The van der Waals surface area contributed by atoms with Crippen molar-refractivity contribution in [3.05, 3.63) is 29.3 Å². The number of carbonyl (C=O) groups excluding carboxylic acids is 1. The van der Waals surface area contributed by atoms with Crippen LogP contribution < -0.4 is 11.1 Å². The van der Waals surface area contributed by atoms with Crippen molar-refractivity contribution < 1.29 is 18.0 Å². The van der Waals surface area contributed by atoms with E-state index in [0.29, 0.717) is 0 Å². The van der Waals surface area contributed by atoms with Crippen LogP contribution in [0.5, 0.6) is 0 Å². The number of hydrogen-bond donors (Lipinski definition) is 2. The molecule has 0 aromatic heterocycles. The number of alkyl halides is 3. The minimum atomic E-state index is -4.49. The molecule has 0 radical (unpaired) electrons. The molecule has 3 N–H and O–H groups in total. The topological polar surface area (TPSA) is 55.1 Å². The first-order valence-corrected chi connectivity index (χ1v) is 6.76. The summed E-state index contributed by atoms with van der Waals surface area (Å²) in [5.74, 6) is -0.471. The van der Waals surface area contributed by atoms with Gasteiger partial charge in [0, 0.05) is 11.5 Å². The van der Waals surface area contributed by atoms with Crippen LogP contribution in [0, 0.1) is 11.8 Å². The lowest BCUT2D eigenvalue weighted by Gasteiger charge is -2.18. The Morgan fingerprint density at radius 2 is 1.86 bits per heavy atom. The molecular weight excluding hydrogens is 301 g/mol. The van der Waals surface area contributed by atoms with Gasteiger partial charge < -0.3 is 11.1 Å². The molecule has 0 bridgehead atoms. The first-order chi connectivity index (χ1) is 9.54. The van der Waals surface area contributed by atoms with Gasteiger partial charge >= 0.3 is 6.18 Å². The minimum absolute atomic E-state index is 0.00383. The largest absolute Gasteiger partial charge is 0.416 e. The van der Waals surface area contributed by atoms with E-state index in [9.17, 15) is 18.0 Å². The lowest BCUT2D eigenvalue weighted by molar-refractivity contribution is -0.137. The molecule has 1 aromatic carbocycles. The van der Waals surface area contributed by atoms with Crippen LogP contribution in [0.25, 0.3) is 0 Å². The Labute approximate surface area is 126 Å². The lowest BCUT2D eigenvalue weighted by atomic mass is 9.97. The van der Waals surface area contributed by atoms with E-state index in [1.54, 1.807) is 6.92 Å². The van der Waals surface area contributed by atoms with E-state index < -0.39 is 11.7 Å². The van der Waals surface area contributed by atoms with Crippen LogP contribution in [0.1, 0.15) is 31.9 Å². The van der Waals surface area contributed by atoms with Crippen LogP contribution in [0.15, 0.2) is 18.2 Å². The highest BCUT2D eigenvalue weighted by Gasteiger charge is 2.31. The van der Waals surface area contributed by atoms with E-state index in [0.717, 1.165) is 12.1 Å². The molecule has 0 fully saturated rings. The average Bonchev–Trinajstić information content (AvgIpc) is 2.36. The molecule has 0 saturated carbocycles. The van der Waals surface area contributed by atoms with Crippen molar-refractivity contribution in [2.24, 2.45) is 17.6 Å². The van der Waals surface area contributed by atoms with Crippen LogP contribution in [0.2, 0.25) is 0 Å². The van der Waals surface area contributed by atoms with E-state index in [4.69, 9.17) is 18.0 Å². The molecular formula is C14H17F3N2OS. The number of rotatable bonds is 4. The highest BCUT2D eigenvalue weighted by Crippen LogP contribution is 2.32. The van der Waals surface area contributed by atoms with Crippen molar-refractivity contribution in [1.82, 2.24) is 0 Å². The predicted molar refractivity (Wildman–Crippen MR) is 80.0 cm³/mol. The summed E-state index contributed by atoms with van der Waals surface area (Å²) >= 11 is 4.76. The summed E-state index contributed by atoms with van der Waals surface area (Å²) in [5.41, 5.74) is 4.78. The summed E-state index contributed by atoms with van der Waals surface area (Å²) in [6, 6.07) is 2.90. The van der Waals surface area contributed by atoms with Gasteiger partial charge in [-0.2, -0.15) is 13.2 Å². The van der Waals surface area contributed by atoms with E-state index in [2.05, 4.69) is 5.32 Å². The molecule has 1 aromatic rings. The predicted octanol–water partition coefficient (Wildman–Crippen LogP) is 3.57. The van der Waals surface area contributed by atoms with Gasteiger partial charge in [0.05, 0.1) is 11.3 Å². The van der Waals surface area contributed by atoms with E-state index in [-0.39, 0.29) is 34.0 Å². The maximum absolute atomic E-state index is 12.7. The fraction of sp³-hybridized carbons (Fsp3) is 0.429. The summed E-state index contributed by atoms with van der Waals surface area (Å²) in [5, 5.41) is 2.58. The number of halogens is 3. The summed E-state index contributed by atoms with van der Waals surface area (Å²) in [6.45, 7) is 5.50. The minimum Gasteiger partial charge on any atom is -0.389 e. The van der Waals surface area contributed by atoms with E-state index in [1.165, 1.54) is 6.07 Å². The molecule has 1 atom stereocenters. The number of amides is 1. The van der Waals surface area contributed by atoms with Gasteiger partial charge in [0.25, 0.3) is 0 Å². The van der Waals surface area contributed by atoms with Gasteiger partial charge in [0.1, 0.15) is 4.99 Å². The molecule has 0 saturated heterocycles. The molecule has 7 heteroatoms. The second-order valence-corrected chi connectivity index (χ2v) is 5.58. The smallest absolute Gasteiger partial charge is 0.389 e. The maximum Gasteiger partial charge on any atom is 0.416 e. The van der Waals surface area contributed by atoms with Gasteiger partial charge in [-0.1, -0.05) is 33.0 Å². The zero-order valence-electron chi connectivity index (χ0n) is 11.9. The molecule has 0 aliphatic heterocycles. The van der Waals surface area contributed by atoms with E-state index in [1.807, 2.05) is 13.8 Å². The number of carbonyl (C=O) groups is 1. The molecule has 21 heavy (non-hydrogen) atoms. The Bertz CT molecular complexity index is 556. The fourth-order valence-electron chi connectivity index (χ4n) is 1.58. The van der Waals surface area contributed by atoms with Gasteiger partial charge in [0.15, 0.2) is 0 Å². The number of nitrogens with two attached hydrogens (primary N) is 1. The molecule has 1 unspecified atom stereocenters. The van der Waals surface area contributed by atoms with Crippen molar-refractivity contribution in [3.8, 4) is 0 Å². The van der Waals surface area contributed by atoms with Crippen molar-refractivity contribution in [2.45, 2.75) is 26.9 Å². The van der Waals surface area contributed by atoms with Crippen LogP contribution in [0.4, 0.5) is 18.9 Å². The Morgan fingerprint density at radius 3 is 2.29 bits per heavy atom. The molecule has 0 aliphatic rings. The quantitative estimate of drug-likeness (QED) is 0.835. The van der Waals surface area contributed by atoms with Crippen LogP contribution in [0.3, 0.4) is 0 Å². The molecule has 116 valence electrons. The average molecular weight is 318 g/mol. The zero-order chi connectivity index (χ0) is 16.4. The molecule has 1 amide bonds. The Balaban J connectivity index is 3.14. The van der Waals surface area contributed by atoms with Crippen molar-refractivity contribution in [1.29, 1.82) is 0 Å². The zero-order valence-corrected chi connectivity index (χ0v) is 12.7. The first-order valence-electron chi connectivity index (χ1n) is 6.36. The third kappa shape index (κ3) is 4.42. The van der Waals surface area contributed by atoms with Gasteiger partial charge in [-0.05, 0) is 24.1 Å². The SMILES string of the molecule is CC(C)C(C)C(=O)Nc1ccc(C(F)(F)F)cc1C(N)=S. The molecule has 0 heterocycles. The number of benzene rings is 1. The molecule has 0 spiro atoms. The lowest BCUT2D eigenvalue weighted by Crippen LogP contribution is -2.26. The van der Waals surface area contributed by atoms with Crippen LogP contribution >= 0.6 is 12.2 Å². The van der Waals surface area contributed by atoms with Gasteiger partial charge in [0.2, 0.25) is 5.91 Å². The highest BCUT2D eigenvalue weighted by molar-refractivity contribution is 7.80. The third-order valence-corrected chi connectivity index (χ3v) is 3.50. The normalized spacial score (nSPS) is 13.1. The van der Waals surface area contributed by atoms with Crippen molar-refractivity contribution in [2.75, 3.05) is 5.32 Å². The summed E-state index contributed by atoms with van der Waals surface area (Å²) < 4.78 is 38.1. The summed E-state index contributed by atoms with van der Waals surface area (Å²) in [6.07, 6.45) is -4.49. The number of thiocarbonyl (C=S) groups is 1. The van der Waals surface area contributed by atoms with E-state index >= 15 is 0 Å². The molecule has 0 aliphatic carbocycles. The Hall–Kier alpha value is -1.63. The third-order valence-electron chi connectivity index (χ3n) is 3.28. The van der Waals surface area contributed by atoms with Crippen molar-refractivity contribution >= 4 is 28.8 Å². The van der Waals surface area contributed by atoms with Crippen molar-refractivity contribution in [3.63, 3.8) is 0 Å². The Morgan fingerprint density at radius 1 is 1.29 bits per heavy atom. The standard InChI is InChI=1S/C14H17F3N2OS/c1-7(2)8(3)13(20)19-11-5-4-9(14(15,16)17)6-10(11)12(18)21/h4-8H,1-3H3,(H2,18,21)(H,19,20). The van der Waals surface area contributed by atoms with Gasteiger partial charge in [-0.25, -0.2) is 0 Å². The monoisotopic (exact) mass is 318 g/mol.